The van der Waals surface area contributed by atoms with E-state index in [4.69, 9.17) is 5.11 Å². The van der Waals surface area contributed by atoms with Crippen LogP contribution in [0.5, 0.6) is 0 Å². The van der Waals surface area contributed by atoms with Gasteiger partial charge < -0.3 is 9.84 Å². The monoisotopic (exact) mass is 120 g/mol. The lowest BCUT2D eigenvalue weighted by molar-refractivity contribution is -0.180. The van der Waals surface area contributed by atoms with Crippen LogP contribution in [0.25, 0.3) is 0 Å². The number of hydrogen-bond donors (Lipinski definition) is 1. The van der Waals surface area contributed by atoms with Crippen molar-refractivity contribution in [3.8, 4) is 0 Å². The van der Waals surface area contributed by atoms with E-state index in [1.165, 1.54) is 0 Å². The molecule has 1 aliphatic rings. The molecule has 1 rings (SSSR count). The minimum Gasteiger partial charge on any atom is -0.363 e. The number of rotatable bonds is 1. The molecule has 1 fully saturated rings. The standard InChI is InChI=1S/C5H9FO2/c6-4-5(7)2-1-3-8-5/h7H,1-4H2. The minimum absolute atomic E-state index is 0.434. The molecular weight excluding hydrogens is 111 g/mol. The average Bonchev–Trinajstić information content (AvgIpc) is 2.17. The first-order chi connectivity index (χ1) is 3.77. The van der Waals surface area contributed by atoms with Crippen molar-refractivity contribution in [2.45, 2.75) is 18.6 Å². The Kier molecular flexibility index (Phi) is 1.49. The van der Waals surface area contributed by atoms with Gasteiger partial charge in [-0.2, -0.15) is 0 Å². The van der Waals surface area contributed by atoms with Gasteiger partial charge in [-0.1, -0.05) is 0 Å². The fourth-order valence-corrected chi connectivity index (χ4v) is 0.788. The summed E-state index contributed by atoms with van der Waals surface area (Å²) in [5.74, 6) is -1.43. The molecule has 0 bridgehead atoms. The average molecular weight is 120 g/mol. The van der Waals surface area contributed by atoms with Crippen LogP contribution >= 0.6 is 0 Å². The molecule has 48 valence electrons. The molecule has 0 aromatic carbocycles. The zero-order valence-corrected chi connectivity index (χ0v) is 4.56. The van der Waals surface area contributed by atoms with Gasteiger partial charge in [-0.15, -0.1) is 0 Å². The maximum Gasteiger partial charge on any atom is 0.194 e. The molecule has 1 aliphatic heterocycles. The molecule has 0 aromatic rings. The van der Waals surface area contributed by atoms with Crippen molar-refractivity contribution in [3.05, 3.63) is 0 Å². The third-order valence-electron chi connectivity index (χ3n) is 1.29. The van der Waals surface area contributed by atoms with Crippen LogP contribution in [0.4, 0.5) is 4.39 Å². The highest BCUT2D eigenvalue weighted by atomic mass is 19.1. The van der Waals surface area contributed by atoms with Crippen molar-refractivity contribution in [3.63, 3.8) is 0 Å². The van der Waals surface area contributed by atoms with E-state index < -0.39 is 12.5 Å². The maximum atomic E-state index is 11.7. The summed E-state index contributed by atoms with van der Waals surface area (Å²) >= 11 is 0. The van der Waals surface area contributed by atoms with Crippen molar-refractivity contribution in [1.29, 1.82) is 0 Å². The highest BCUT2D eigenvalue weighted by Gasteiger charge is 2.31. The van der Waals surface area contributed by atoms with Crippen LogP contribution in [-0.4, -0.2) is 24.2 Å². The Labute approximate surface area is 47.3 Å². The smallest absolute Gasteiger partial charge is 0.194 e. The Morgan fingerprint density at radius 2 is 2.50 bits per heavy atom. The van der Waals surface area contributed by atoms with Gasteiger partial charge in [-0.3, -0.25) is 0 Å². The topological polar surface area (TPSA) is 29.5 Å². The molecule has 1 saturated heterocycles. The molecule has 8 heavy (non-hydrogen) atoms. The van der Waals surface area contributed by atoms with Crippen LogP contribution in [0.1, 0.15) is 12.8 Å². The van der Waals surface area contributed by atoms with Gasteiger partial charge in [0, 0.05) is 6.42 Å². The molecular formula is C5H9FO2. The highest BCUT2D eigenvalue weighted by molar-refractivity contribution is 4.70. The third kappa shape index (κ3) is 0.980. The van der Waals surface area contributed by atoms with Crippen LogP contribution in [0, 0.1) is 0 Å². The number of alkyl halides is 1. The Morgan fingerprint density at radius 3 is 2.75 bits per heavy atom. The summed E-state index contributed by atoms with van der Waals surface area (Å²) in [6, 6.07) is 0. The quantitative estimate of drug-likeness (QED) is 0.544. The zero-order valence-electron chi connectivity index (χ0n) is 4.56. The first-order valence-electron chi connectivity index (χ1n) is 2.69. The van der Waals surface area contributed by atoms with Crippen molar-refractivity contribution < 1.29 is 14.2 Å². The molecule has 1 unspecified atom stereocenters. The molecule has 0 radical (unpaired) electrons. The normalized spacial score (nSPS) is 38.2. The second-order valence-electron chi connectivity index (χ2n) is 2.03. The van der Waals surface area contributed by atoms with E-state index in [0.29, 0.717) is 13.0 Å². The van der Waals surface area contributed by atoms with Crippen LogP contribution in [0.2, 0.25) is 0 Å². The van der Waals surface area contributed by atoms with E-state index in [0.717, 1.165) is 6.42 Å². The van der Waals surface area contributed by atoms with Crippen LogP contribution < -0.4 is 0 Å². The van der Waals surface area contributed by atoms with E-state index in [1.807, 2.05) is 0 Å². The maximum absolute atomic E-state index is 11.7. The fraction of sp³-hybridized carbons (Fsp3) is 1.00. The minimum atomic E-state index is -1.43. The summed E-state index contributed by atoms with van der Waals surface area (Å²) in [6.45, 7) is -0.298. The van der Waals surface area contributed by atoms with E-state index in [-0.39, 0.29) is 0 Å². The summed E-state index contributed by atoms with van der Waals surface area (Å²) in [5.41, 5.74) is 0. The Bertz CT molecular complexity index is 78.5. The van der Waals surface area contributed by atoms with Gasteiger partial charge in [-0.05, 0) is 6.42 Å². The number of halogens is 1. The Balaban J connectivity index is 2.40. The molecule has 0 spiro atoms. The number of aliphatic hydroxyl groups is 1. The third-order valence-corrected chi connectivity index (χ3v) is 1.29. The van der Waals surface area contributed by atoms with Gasteiger partial charge in [0.2, 0.25) is 0 Å². The lowest BCUT2D eigenvalue weighted by atomic mass is 10.2. The molecule has 0 aromatic heterocycles. The Hall–Kier alpha value is -0.150. The molecule has 0 amide bonds. The fourth-order valence-electron chi connectivity index (χ4n) is 0.788. The van der Waals surface area contributed by atoms with Crippen molar-refractivity contribution >= 4 is 0 Å². The predicted octanol–water partition coefficient (Wildman–Crippen LogP) is 0.455. The molecule has 1 N–H and O–H groups in total. The van der Waals surface area contributed by atoms with E-state index in [2.05, 4.69) is 4.74 Å². The van der Waals surface area contributed by atoms with Gasteiger partial charge in [0.25, 0.3) is 0 Å². The first-order valence-corrected chi connectivity index (χ1v) is 2.69. The molecule has 0 saturated carbocycles. The first kappa shape index (κ1) is 5.98. The highest BCUT2D eigenvalue weighted by Crippen LogP contribution is 2.22. The molecule has 2 nitrogen and oxygen atoms in total. The summed E-state index contributed by atoms with van der Waals surface area (Å²) in [4.78, 5) is 0. The van der Waals surface area contributed by atoms with Crippen LogP contribution in [0.3, 0.4) is 0 Å². The van der Waals surface area contributed by atoms with Gasteiger partial charge in [0.15, 0.2) is 5.79 Å². The van der Waals surface area contributed by atoms with Gasteiger partial charge in [-0.25, -0.2) is 4.39 Å². The summed E-state index contributed by atoms with van der Waals surface area (Å²) in [7, 11) is 0. The Morgan fingerprint density at radius 1 is 1.75 bits per heavy atom. The van der Waals surface area contributed by atoms with E-state index >= 15 is 0 Å². The zero-order chi connectivity index (χ0) is 6.04. The summed E-state index contributed by atoms with van der Waals surface area (Å²) in [6.07, 6.45) is 1.20. The van der Waals surface area contributed by atoms with Gasteiger partial charge >= 0.3 is 0 Å². The molecule has 0 aliphatic carbocycles. The van der Waals surface area contributed by atoms with Crippen LogP contribution in [-0.2, 0) is 4.74 Å². The second kappa shape index (κ2) is 1.99. The van der Waals surface area contributed by atoms with E-state index in [9.17, 15) is 4.39 Å². The lowest BCUT2D eigenvalue weighted by Gasteiger charge is -2.15. The largest absolute Gasteiger partial charge is 0.363 e. The molecule has 1 atom stereocenters. The summed E-state index contributed by atoms with van der Waals surface area (Å²) in [5, 5.41) is 8.90. The predicted molar refractivity (Wildman–Crippen MR) is 26.1 cm³/mol. The second-order valence-corrected chi connectivity index (χ2v) is 2.03. The van der Waals surface area contributed by atoms with Crippen molar-refractivity contribution in [2.24, 2.45) is 0 Å². The molecule has 1 heterocycles. The molecule has 3 heteroatoms. The van der Waals surface area contributed by atoms with Crippen molar-refractivity contribution in [2.75, 3.05) is 13.3 Å². The number of hydrogen-bond acceptors (Lipinski definition) is 2. The lowest BCUT2D eigenvalue weighted by Crippen LogP contribution is -2.29. The number of ether oxygens (including phenoxy) is 1. The summed E-state index contributed by atoms with van der Waals surface area (Å²) < 4.78 is 16.4. The SMILES string of the molecule is OC1(CF)CCCO1. The van der Waals surface area contributed by atoms with Crippen LogP contribution in [0.15, 0.2) is 0 Å². The van der Waals surface area contributed by atoms with Crippen molar-refractivity contribution in [1.82, 2.24) is 0 Å². The van der Waals surface area contributed by atoms with E-state index in [1.54, 1.807) is 0 Å². The van der Waals surface area contributed by atoms with Gasteiger partial charge in [0.1, 0.15) is 6.67 Å². The van der Waals surface area contributed by atoms with Gasteiger partial charge in [0.05, 0.1) is 6.61 Å².